The van der Waals surface area contributed by atoms with Crippen molar-refractivity contribution >= 4 is 18.9 Å². The zero-order valence-electron chi connectivity index (χ0n) is 17.6. The van der Waals surface area contributed by atoms with E-state index < -0.39 is 8.56 Å². The van der Waals surface area contributed by atoms with Crippen LogP contribution in [0.4, 0.5) is 0 Å². The van der Waals surface area contributed by atoms with E-state index in [2.05, 4.69) is 74.5 Å². The zero-order valence-corrected chi connectivity index (χ0v) is 18.6. The minimum absolute atomic E-state index is 0.305. The van der Waals surface area contributed by atoms with Gasteiger partial charge in [-0.1, -0.05) is 93.8 Å². The maximum atomic E-state index is 7.02. The Kier molecular flexibility index (Phi) is 8.32. The largest absolute Gasteiger partial charge is 0.407 e. The molecular weight excluding hydrogens is 360 g/mol. The van der Waals surface area contributed by atoms with E-state index in [-0.39, 0.29) is 0 Å². The lowest BCUT2D eigenvalue weighted by atomic mass is 9.89. The number of hydrogen-bond donors (Lipinski definition) is 0. The fraction of sp³-hybridized carbons (Fsp3) is 0.520. The van der Waals surface area contributed by atoms with E-state index in [9.17, 15) is 0 Å². The van der Waals surface area contributed by atoms with E-state index in [0.717, 1.165) is 31.8 Å². The van der Waals surface area contributed by atoms with E-state index in [1.807, 2.05) is 0 Å². The van der Waals surface area contributed by atoms with Gasteiger partial charge >= 0.3 is 8.56 Å². The molecular formula is C25H36O2Si. The van der Waals surface area contributed by atoms with E-state index >= 15 is 0 Å². The Morgan fingerprint density at radius 1 is 0.786 bits per heavy atom. The molecule has 152 valence electrons. The molecule has 2 aromatic carbocycles. The number of hydrogen-bond acceptors (Lipinski definition) is 2. The fourth-order valence-electron chi connectivity index (χ4n) is 4.15. The summed E-state index contributed by atoms with van der Waals surface area (Å²) in [6.07, 6.45) is 9.97. The molecule has 1 fully saturated rings. The van der Waals surface area contributed by atoms with Crippen LogP contribution in [0.1, 0.15) is 65.2 Å². The van der Waals surface area contributed by atoms with Gasteiger partial charge in [0.2, 0.25) is 0 Å². The van der Waals surface area contributed by atoms with Crippen LogP contribution in [-0.4, -0.2) is 21.3 Å². The van der Waals surface area contributed by atoms with Gasteiger partial charge in [-0.3, -0.25) is 0 Å². The SMILES string of the molecule is CCCCCCO[Si](OC1CCC(C)CC1)(c1ccccc1)c1ccccc1. The normalized spacial score (nSPS) is 20.2. The van der Waals surface area contributed by atoms with Crippen LogP contribution in [0, 0.1) is 5.92 Å². The number of benzene rings is 2. The highest BCUT2D eigenvalue weighted by Gasteiger charge is 2.45. The zero-order chi connectivity index (χ0) is 19.7. The van der Waals surface area contributed by atoms with Gasteiger partial charge in [-0.25, -0.2) is 0 Å². The smallest absolute Gasteiger partial charge is 0.388 e. The number of unbranched alkanes of at least 4 members (excludes halogenated alkanes) is 3. The molecule has 1 aliphatic rings. The van der Waals surface area contributed by atoms with Crippen molar-refractivity contribution in [2.75, 3.05) is 6.61 Å². The highest BCUT2D eigenvalue weighted by atomic mass is 28.4. The van der Waals surface area contributed by atoms with Gasteiger partial charge in [0, 0.05) is 12.7 Å². The first-order chi connectivity index (χ1) is 13.7. The Balaban J connectivity index is 1.89. The van der Waals surface area contributed by atoms with Gasteiger partial charge in [0.1, 0.15) is 0 Å². The second-order valence-electron chi connectivity index (χ2n) is 8.26. The maximum Gasteiger partial charge on any atom is 0.407 e. The summed E-state index contributed by atoms with van der Waals surface area (Å²) < 4.78 is 13.8. The van der Waals surface area contributed by atoms with E-state index in [0.29, 0.717) is 6.10 Å². The van der Waals surface area contributed by atoms with Crippen LogP contribution in [0.3, 0.4) is 0 Å². The summed E-state index contributed by atoms with van der Waals surface area (Å²) in [5, 5.41) is 2.46. The molecule has 0 radical (unpaired) electrons. The lowest BCUT2D eigenvalue weighted by molar-refractivity contribution is 0.0891. The molecule has 0 bridgehead atoms. The van der Waals surface area contributed by atoms with Crippen molar-refractivity contribution in [3.63, 3.8) is 0 Å². The highest BCUT2D eigenvalue weighted by Crippen LogP contribution is 2.28. The Labute approximate surface area is 172 Å². The maximum absolute atomic E-state index is 7.02. The molecule has 2 nitrogen and oxygen atoms in total. The fourth-order valence-corrected chi connectivity index (χ4v) is 7.55. The third kappa shape index (κ3) is 5.56. The van der Waals surface area contributed by atoms with E-state index in [1.165, 1.54) is 42.5 Å². The highest BCUT2D eigenvalue weighted by molar-refractivity contribution is 6.92. The van der Waals surface area contributed by atoms with Crippen molar-refractivity contribution in [2.45, 2.75) is 71.3 Å². The molecule has 0 amide bonds. The summed E-state index contributed by atoms with van der Waals surface area (Å²) >= 11 is 0. The molecule has 0 aromatic heterocycles. The molecule has 1 saturated carbocycles. The topological polar surface area (TPSA) is 18.5 Å². The molecule has 0 spiro atoms. The Bertz CT molecular complexity index is 626. The minimum Gasteiger partial charge on any atom is -0.388 e. The van der Waals surface area contributed by atoms with Gasteiger partial charge in [-0.05, 0) is 48.4 Å². The third-order valence-electron chi connectivity index (χ3n) is 5.91. The lowest BCUT2D eigenvalue weighted by Gasteiger charge is -2.37. The van der Waals surface area contributed by atoms with Crippen LogP contribution in [-0.2, 0) is 8.85 Å². The molecule has 1 aliphatic carbocycles. The molecule has 0 unspecified atom stereocenters. The van der Waals surface area contributed by atoms with Crippen molar-refractivity contribution in [2.24, 2.45) is 5.92 Å². The quantitative estimate of drug-likeness (QED) is 0.393. The van der Waals surface area contributed by atoms with Crippen molar-refractivity contribution in [3.8, 4) is 0 Å². The Hall–Kier alpha value is -1.42. The summed E-state index contributed by atoms with van der Waals surface area (Å²) in [5.41, 5.74) is 0. The molecule has 0 aliphatic heterocycles. The number of rotatable bonds is 10. The third-order valence-corrected chi connectivity index (χ3v) is 9.37. The molecule has 2 aromatic rings. The van der Waals surface area contributed by atoms with Crippen LogP contribution in [0.2, 0.25) is 0 Å². The predicted octanol–water partition coefficient (Wildman–Crippen LogP) is 5.44. The summed E-state index contributed by atoms with van der Waals surface area (Å²) in [6.45, 7) is 5.39. The lowest BCUT2D eigenvalue weighted by Crippen LogP contribution is -2.65. The first-order valence-corrected chi connectivity index (χ1v) is 13.0. The van der Waals surface area contributed by atoms with Crippen LogP contribution < -0.4 is 10.4 Å². The van der Waals surface area contributed by atoms with Crippen LogP contribution >= 0.6 is 0 Å². The molecule has 0 heterocycles. The average Bonchev–Trinajstić information content (AvgIpc) is 2.75. The molecule has 3 rings (SSSR count). The van der Waals surface area contributed by atoms with Gasteiger partial charge in [0.15, 0.2) is 0 Å². The minimum atomic E-state index is -2.72. The first kappa shape index (κ1) is 21.3. The van der Waals surface area contributed by atoms with E-state index in [1.54, 1.807) is 0 Å². The van der Waals surface area contributed by atoms with Crippen molar-refractivity contribution in [1.29, 1.82) is 0 Å². The molecule has 0 N–H and O–H groups in total. The summed E-state index contributed by atoms with van der Waals surface area (Å²) in [7, 11) is -2.72. The molecule has 0 saturated heterocycles. The summed E-state index contributed by atoms with van der Waals surface area (Å²) in [6, 6.07) is 21.5. The van der Waals surface area contributed by atoms with Crippen LogP contribution in [0.25, 0.3) is 0 Å². The second-order valence-corrected chi connectivity index (χ2v) is 11.2. The van der Waals surface area contributed by atoms with Gasteiger partial charge in [-0.15, -0.1) is 0 Å². The van der Waals surface area contributed by atoms with Crippen LogP contribution in [0.15, 0.2) is 60.7 Å². The molecule has 3 heteroatoms. The summed E-state index contributed by atoms with van der Waals surface area (Å²) in [5.74, 6) is 0.819. The van der Waals surface area contributed by atoms with Gasteiger partial charge < -0.3 is 8.85 Å². The monoisotopic (exact) mass is 396 g/mol. The second kappa shape index (κ2) is 10.9. The van der Waals surface area contributed by atoms with Crippen molar-refractivity contribution < 1.29 is 8.85 Å². The Morgan fingerprint density at radius 2 is 1.36 bits per heavy atom. The summed E-state index contributed by atoms with van der Waals surface area (Å²) in [4.78, 5) is 0. The Morgan fingerprint density at radius 3 is 1.89 bits per heavy atom. The molecule has 0 atom stereocenters. The standard InChI is InChI=1S/C25H36O2Si/c1-3-4-5-12-21-26-28(24-13-8-6-9-14-24,25-15-10-7-11-16-25)27-23-19-17-22(2)18-20-23/h6-11,13-16,22-23H,3-5,12,17-21H2,1-2H3. The van der Waals surface area contributed by atoms with Crippen LogP contribution in [0.5, 0.6) is 0 Å². The van der Waals surface area contributed by atoms with Crippen molar-refractivity contribution in [3.05, 3.63) is 60.7 Å². The molecule has 28 heavy (non-hydrogen) atoms. The average molecular weight is 397 g/mol. The van der Waals surface area contributed by atoms with Gasteiger partial charge in [0.05, 0.1) is 0 Å². The predicted molar refractivity (Wildman–Crippen MR) is 121 cm³/mol. The van der Waals surface area contributed by atoms with E-state index in [4.69, 9.17) is 8.85 Å². The van der Waals surface area contributed by atoms with Crippen molar-refractivity contribution in [1.82, 2.24) is 0 Å². The van der Waals surface area contributed by atoms with Gasteiger partial charge in [0.25, 0.3) is 0 Å². The first-order valence-electron chi connectivity index (χ1n) is 11.2. The van der Waals surface area contributed by atoms with Gasteiger partial charge in [-0.2, -0.15) is 0 Å².